The number of unbranched alkanes of at least 4 members (excludes halogenated alkanes) is 1. The molecule has 50 heavy (non-hydrogen) atoms. The highest BCUT2D eigenvalue weighted by molar-refractivity contribution is 6.00. The van der Waals surface area contributed by atoms with Gasteiger partial charge in [0.2, 0.25) is 0 Å². The van der Waals surface area contributed by atoms with Crippen molar-refractivity contribution >= 4 is 17.8 Å². The number of carbonyl (C=O) groups is 3. The molecule has 286 valence electrons. The van der Waals surface area contributed by atoms with Crippen LogP contribution in [0.5, 0.6) is 0 Å². The number of rotatable bonds is 10. The van der Waals surface area contributed by atoms with Crippen LogP contribution in [0, 0.1) is 17.8 Å². The number of methoxy groups -OCH3 is 1. The van der Waals surface area contributed by atoms with Crippen LogP contribution in [0.4, 0.5) is 4.79 Å². The first-order chi connectivity index (χ1) is 23.4. The lowest BCUT2D eigenvalue weighted by Gasteiger charge is -2.46. The second-order valence-electron chi connectivity index (χ2n) is 15.3. The van der Waals surface area contributed by atoms with Gasteiger partial charge in [-0.2, -0.15) is 0 Å². The minimum atomic E-state index is -1.22. The van der Waals surface area contributed by atoms with Gasteiger partial charge in [0, 0.05) is 43.1 Å². The zero-order chi connectivity index (χ0) is 37.6. The Hall–Kier alpha value is -2.52. The third-order valence-corrected chi connectivity index (χ3v) is 11.0. The molecule has 0 saturated carbocycles. The third-order valence-electron chi connectivity index (χ3n) is 11.0. The van der Waals surface area contributed by atoms with E-state index in [-0.39, 0.29) is 24.1 Å². The van der Waals surface area contributed by atoms with Gasteiger partial charge in [-0.05, 0) is 98.8 Å². The van der Waals surface area contributed by atoms with E-state index in [2.05, 4.69) is 22.3 Å². The summed E-state index contributed by atoms with van der Waals surface area (Å²) in [6.45, 7) is 15.9. The molecule has 0 spiro atoms. The molecule has 0 aromatic carbocycles. The van der Waals surface area contributed by atoms with E-state index in [1.165, 1.54) is 6.92 Å². The Labute approximate surface area is 297 Å². The number of ether oxygens (including phenoxy) is 5. The number of hydrogen-bond acceptors (Lipinski definition) is 12. The van der Waals surface area contributed by atoms with Gasteiger partial charge in [0.15, 0.2) is 17.7 Å². The van der Waals surface area contributed by atoms with E-state index < -0.39 is 71.5 Å². The maximum atomic E-state index is 14.2. The molecule has 0 aromatic heterocycles. The van der Waals surface area contributed by atoms with E-state index in [1.54, 1.807) is 25.9 Å². The second kappa shape index (κ2) is 17.8. The molecule has 3 aliphatic rings. The number of amides is 1. The van der Waals surface area contributed by atoms with Crippen molar-refractivity contribution in [2.75, 3.05) is 40.8 Å². The van der Waals surface area contributed by atoms with Gasteiger partial charge in [0.05, 0.1) is 23.9 Å². The SMILES string of the molecule is CC[C@H]1OC(=O)[C@H](C)C(=O)[C@H](C)[C@@H](O[C@@H]2O[C@H](C)CC(N(C)C)[C@H]2O)[C@](C)(OC)C[C@@H](C)CN[C@H](C)[C@H]2N(CCCCN=[N+]=[N-])C(=O)O[C@]12C. The molecule has 3 heterocycles. The second-order valence-corrected chi connectivity index (χ2v) is 15.3. The van der Waals surface area contributed by atoms with E-state index in [9.17, 15) is 19.5 Å². The van der Waals surface area contributed by atoms with Crippen molar-refractivity contribution in [3.63, 3.8) is 0 Å². The standard InChI is InChI=1S/C35H62N6O9/c1-12-26-35(8)29(41(33(45)50-35)16-14-13-15-38-39-36)24(6)37-19-20(2)18-34(7,46-11)30(22(4)27(42)23(5)31(44)48-26)49-32-28(43)25(40(9)10)17-21(3)47-32/h20-26,28-30,32,37,43H,12-19H2,1-11H3/t20-,21-,22+,23-,24-,25?,26-,28-,29-,30-,32+,34-,35-/m1/s1. The summed E-state index contributed by atoms with van der Waals surface area (Å²) >= 11 is 0. The Kier molecular flexibility index (Phi) is 14.9. The molecular weight excluding hydrogens is 648 g/mol. The first-order valence-corrected chi connectivity index (χ1v) is 18.1. The Bertz CT molecular complexity index is 1220. The van der Waals surface area contributed by atoms with Gasteiger partial charge in [0.25, 0.3) is 0 Å². The van der Waals surface area contributed by atoms with E-state index in [1.807, 2.05) is 46.7 Å². The predicted octanol–water partition coefficient (Wildman–Crippen LogP) is 4.05. The highest BCUT2D eigenvalue weighted by Gasteiger charge is 2.58. The summed E-state index contributed by atoms with van der Waals surface area (Å²) in [5.74, 6) is -3.17. The van der Waals surface area contributed by atoms with Crippen molar-refractivity contribution < 1.29 is 43.2 Å². The lowest BCUT2D eigenvalue weighted by Crippen LogP contribution is -2.61. The number of likely N-dealkylation sites (N-methyl/N-ethyl adjacent to an activating group) is 1. The van der Waals surface area contributed by atoms with Gasteiger partial charge in [-0.15, -0.1) is 0 Å². The first-order valence-electron chi connectivity index (χ1n) is 18.1. The average molecular weight is 711 g/mol. The van der Waals surface area contributed by atoms with Crippen LogP contribution < -0.4 is 5.32 Å². The van der Waals surface area contributed by atoms with E-state index in [4.69, 9.17) is 29.2 Å². The molecule has 15 heteroatoms. The predicted molar refractivity (Wildman–Crippen MR) is 186 cm³/mol. The summed E-state index contributed by atoms with van der Waals surface area (Å²) in [6, 6.07) is -1.04. The molecule has 13 atom stereocenters. The van der Waals surface area contributed by atoms with E-state index >= 15 is 0 Å². The van der Waals surface area contributed by atoms with Crippen molar-refractivity contribution in [3.05, 3.63) is 10.4 Å². The molecule has 0 radical (unpaired) electrons. The first kappa shape index (κ1) is 41.9. The minimum absolute atomic E-state index is 0.00887. The largest absolute Gasteiger partial charge is 0.458 e. The molecule has 3 fully saturated rings. The maximum Gasteiger partial charge on any atom is 0.410 e. The average Bonchev–Trinajstić information content (AvgIpc) is 3.33. The number of cyclic esters (lactones) is 1. The molecule has 0 bridgehead atoms. The number of carbonyl (C=O) groups excluding carboxylic acids is 3. The van der Waals surface area contributed by atoms with Gasteiger partial charge in [0.1, 0.15) is 18.1 Å². The molecule has 1 unspecified atom stereocenters. The van der Waals surface area contributed by atoms with Gasteiger partial charge in [-0.25, -0.2) is 4.79 Å². The molecule has 15 nitrogen and oxygen atoms in total. The fourth-order valence-corrected chi connectivity index (χ4v) is 8.17. The fourth-order valence-electron chi connectivity index (χ4n) is 8.17. The zero-order valence-corrected chi connectivity index (χ0v) is 32.0. The van der Waals surface area contributed by atoms with E-state index in [0.29, 0.717) is 51.7 Å². The van der Waals surface area contributed by atoms with Crippen LogP contribution in [-0.2, 0) is 33.3 Å². The lowest BCUT2D eigenvalue weighted by molar-refractivity contribution is -0.295. The number of aliphatic hydroxyl groups is 1. The molecule has 1 amide bonds. The normalized spacial score (nSPS) is 40.7. The van der Waals surface area contributed by atoms with Crippen molar-refractivity contribution in [2.24, 2.45) is 22.9 Å². The molecule has 0 aliphatic carbocycles. The Balaban J connectivity index is 2.02. The molecule has 0 aromatic rings. The van der Waals surface area contributed by atoms with Crippen molar-refractivity contribution in [3.8, 4) is 0 Å². The van der Waals surface area contributed by atoms with E-state index in [0.717, 1.165) is 0 Å². The molecule has 3 aliphatic heterocycles. The number of nitrogens with one attached hydrogen (secondary N) is 1. The smallest absolute Gasteiger partial charge is 0.410 e. The van der Waals surface area contributed by atoms with Gasteiger partial charge < -0.3 is 39.0 Å². The number of nitrogens with zero attached hydrogens (tertiary/aromatic N) is 5. The van der Waals surface area contributed by atoms with Gasteiger partial charge >= 0.3 is 12.1 Å². The lowest BCUT2D eigenvalue weighted by atomic mass is 9.78. The number of hydrogen-bond donors (Lipinski definition) is 2. The fraction of sp³-hybridized carbons (Fsp3) is 0.914. The third kappa shape index (κ3) is 9.28. The summed E-state index contributed by atoms with van der Waals surface area (Å²) in [7, 11) is 5.36. The highest BCUT2D eigenvalue weighted by Crippen LogP contribution is 2.40. The Morgan fingerprint density at radius 2 is 1.82 bits per heavy atom. The zero-order valence-electron chi connectivity index (χ0n) is 32.0. The van der Waals surface area contributed by atoms with Crippen LogP contribution in [0.3, 0.4) is 0 Å². The number of Topliss-reactive ketones (excluding diaryl/α,β-unsaturated/α-hetero) is 1. The Morgan fingerprint density at radius 3 is 2.42 bits per heavy atom. The monoisotopic (exact) mass is 710 g/mol. The van der Waals surface area contributed by atoms with Crippen LogP contribution in [0.2, 0.25) is 0 Å². The van der Waals surface area contributed by atoms with Crippen LogP contribution in [0.15, 0.2) is 5.11 Å². The molecule has 2 N–H and O–H groups in total. The van der Waals surface area contributed by atoms with Crippen LogP contribution in [0.1, 0.15) is 87.5 Å². The maximum absolute atomic E-state index is 14.2. The summed E-state index contributed by atoms with van der Waals surface area (Å²) in [4.78, 5) is 47.9. The summed E-state index contributed by atoms with van der Waals surface area (Å²) in [6.07, 6.45) is -1.89. The minimum Gasteiger partial charge on any atom is -0.458 e. The number of esters is 1. The molecular formula is C35H62N6O9. The number of aliphatic hydroxyl groups excluding tert-OH is 1. The van der Waals surface area contributed by atoms with Crippen molar-refractivity contribution in [1.82, 2.24) is 15.1 Å². The Morgan fingerprint density at radius 1 is 1.14 bits per heavy atom. The summed E-state index contributed by atoms with van der Waals surface area (Å²) < 4.78 is 31.1. The van der Waals surface area contributed by atoms with Crippen molar-refractivity contribution in [1.29, 1.82) is 0 Å². The topological polar surface area (TPSA) is 185 Å². The van der Waals surface area contributed by atoms with Crippen molar-refractivity contribution in [2.45, 2.75) is 148 Å². The summed E-state index contributed by atoms with van der Waals surface area (Å²) in [5.41, 5.74) is 6.39. The number of ketones is 1. The van der Waals surface area contributed by atoms with Crippen LogP contribution >= 0.6 is 0 Å². The van der Waals surface area contributed by atoms with Gasteiger partial charge in [-0.3, -0.25) is 14.5 Å². The molecule has 3 saturated heterocycles. The highest BCUT2D eigenvalue weighted by atomic mass is 16.7. The van der Waals surface area contributed by atoms with Crippen LogP contribution in [-0.4, -0.2) is 134 Å². The number of azide groups is 1. The summed E-state index contributed by atoms with van der Waals surface area (Å²) in [5, 5.41) is 18.6. The number of fused-ring (bicyclic) bond motifs is 1. The van der Waals surface area contributed by atoms with Gasteiger partial charge in [-0.1, -0.05) is 25.9 Å². The quantitative estimate of drug-likeness (QED) is 0.0832. The van der Waals surface area contributed by atoms with Crippen LogP contribution in [0.25, 0.3) is 10.4 Å². The molecule has 3 rings (SSSR count).